The summed E-state index contributed by atoms with van der Waals surface area (Å²) in [6.07, 6.45) is 5.73. The fourth-order valence-corrected chi connectivity index (χ4v) is 5.45. The van der Waals surface area contributed by atoms with E-state index in [2.05, 4.69) is 0 Å². The first kappa shape index (κ1) is 20.7. The third-order valence-corrected chi connectivity index (χ3v) is 8.02. The van der Waals surface area contributed by atoms with Gasteiger partial charge in [0.2, 0.25) is 10.0 Å². The monoisotopic (exact) mass is 458 g/mol. The molecule has 1 aromatic rings. The van der Waals surface area contributed by atoms with Gasteiger partial charge in [-0.25, -0.2) is 8.42 Å². The maximum atomic E-state index is 13.1. The maximum absolute atomic E-state index is 13.1. The van der Waals surface area contributed by atoms with Crippen LogP contribution in [0.2, 0.25) is 0 Å². The molecule has 2 unspecified atom stereocenters. The van der Waals surface area contributed by atoms with Gasteiger partial charge in [0.05, 0.1) is 22.5 Å². The van der Waals surface area contributed by atoms with Crippen LogP contribution in [0.25, 0.3) is 0 Å². The molecule has 2 atom stereocenters. The molecule has 2 aliphatic heterocycles. The molecule has 2 heterocycles. The number of ether oxygens (including phenoxy) is 1. The average Bonchev–Trinajstić information content (AvgIpc) is 3.24. The molecule has 1 aliphatic carbocycles. The van der Waals surface area contributed by atoms with Crippen molar-refractivity contribution in [1.29, 1.82) is 0 Å². The highest BCUT2D eigenvalue weighted by Crippen LogP contribution is 2.37. The van der Waals surface area contributed by atoms with Gasteiger partial charge in [-0.3, -0.25) is 4.79 Å². The molecule has 0 radical (unpaired) electrons. The van der Waals surface area contributed by atoms with Gasteiger partial charge in [0, 0.05) is 18.7 Å². The number of rotatable bonds is 3. The average molecular weight is 459 g/mol. The third-order valence-electron chi connectivity index (χ3n) is 5.20. The first-order chi connectivity index (χ1) is 13.7. The number of benzene rings is 1. The minimum Gasteiger partial charge on any atom is -0.490 e. The van der Waals surface area contributed by atoms with Crippen molar-refractivity contribution in [3.05, 3.63) is 42.0 Å². The van der Waals surface area contributed by atoms with Crippen LogP contribution >= 0.6 is 23.2 Å². The van der Waals surface area contributed by atoms with Gasteiger partial charge in [-0.15, -0.1) is 11.6 Å². The van der Waals surface area contributed by atoms with Crippen molar-refractivity contribution in [1.82, 2.24) is 4.31 Å². The van der Waals surface area contributed by atoms with E-state index in [0.29, 0.717) is 24.5 Å². The van der Waals surface area contributed by atoms with Crippen molar-refractivity contribution in [2.75, 3.05) is 31.1 Å². The van der Waals surface area contributed by atoms with Gasteiger partial charge < -0.3 is 14.7 Å². The number of alkyl halides is 2. The molecule has 0 bridgehead atoms. The minimum atomic E-state index is -3.63. The Bertz CT molecular complexity index is 1000. The van der Waals surface area contributed by atoms with Crippen molar-refractivity contribution in [3.8, 4) is 5.75 Å². The summed E-state index contributed by atoms with van der Waals surface area (Å²) in [6, 6.07) is 4.55. The van der Waals surface area contributed by atoms with Crippen LogP contribution in [0, 0.1) is 0 Å². The summed E-state index contributed by atoms with van der Waals surface area (Å²) in [4.78, 5) is 14.7. The number of hydrogen-bond donors (Lipinski definition) is 1. The van der Waals surface area contributed by atoms with Gasteiger partial charge in [-0.1, -0.05) is 11.6 Å². The van der Waals surface area contributed by atoms with E-state index in [0.717, 1.165) is 12.8 Å². The fourth-order valence-electron chi connectivity index (χ4n) is 3.57. The van der Waals surface area contributed by atoms with Gasteiger partial charge in [0.15, 0.2) is 5.06 Å². The van der Waals surface area contributed by atoms with Crippen molar-refractivity contribution >= 4 is 44.8 Å². The van der Waals surface area contributed by atoms with Crippen LogP contribution in [0.4, 0.5) is 5.69 Å². The zero-order chi connectivity index (χ0) is 20.8. The number of sulfonamides is 1. The predicted molar refractivity (Wildman–Crippen MR) is 110 cm³/mol. The molecule has 1 fully saturated rings. The van der Waals surface area contributed by atoms with E-state index in [1.165, 1.54) is 39.6 Å². The molecule has 0 spiro atoms. The van der Waals surface area contributed by atoms with Crippen LogP contribution in [0.3, 0.4) is 0 Å². The first-order valence-electron chi connectivity index (χ1n) is 9.25. The lowest BCUT2D eigenvalue weighted by Gasteiger charge is -2.32. The lowest BCUT2D eigenvalue weighted by atomic mass is 10.0. The molecule has 1 saturated heterocycles. The number of amides is 1. The van der Waals surface area contributed by atoms with E-state index in [4.69, 9.17) is 27.9 Å². The summed E-state index contributed by atoms with van der Waals surface area (Å²) in [5, 5.41) is 7.19. The standard InChI is InChI=1S/C19H20Cl2N2O5S/c20-17-11-13(5-6-19(17,21)25)18(24)23-9-10-28-16-4-3-14(12-15(16)23)29(26,27)22-7-1-2-8-22/h3-6,11-12,17,25H,1-2,7-10H2. The number of fused-ring (bicyclic) bond motifs is 1. The molecule has 3 aliphatic rings. The Hall–Kier alpha value is -1.58. The summed E-state index contributed by atoms with van der Waals surface area (Å²) in [7, 11) is -3.63. The summed E-state index contributed by atoms with van der Waals surface area (Å²) in [6.45, 7) is 1.52. The molecule has 7 nitrogen and oxygen atoms in total. The maximum Gasteiger partial charge on any atom is 0.258 e. The summed E-state index contributed by atoms with van der Waals surface area (Å²) in [5.41, 5.74) is 0.643. The van der Waals surface area contributed by atoms with Gasteiger partial charge in [0.25, 0.3) is 5.91 Å². The molecule has 29 heavy (non-hydrogen) atoms. The van der Waals surface area contributed by atoms with Crippen molar-refractivity contribution in [2.45, 2.75) is 28.2 Å². The van der Waals surface area contributed by atoms with Crippen LogP contribution in [-0.4, -0.2) is 60.4 Å². The Morgan fingerprint density at radius 1 is 1.24 bits per heavy atom. The molecule has 1 N–H and O–H groups in total. The van der Waals surface area contributed by atoms with E-state index in [1.54, 1.807) is 6.07 Å². The largest absolute Gasteiger partial charge is 0.490 e. The molecule has 10 heteroatoms. The van der Waals surface area contributed by atoms with Crippen molar-refractivity contribution in [2.24, 2.45) is 0 Å². The summed E-state index contributed by atoms with van der Waals surface area (Å²) < 4.78 is 32.9. The van der Waals surface area contributed by atoms with Crippen LogP contribution in [0.15, 0.2) is 46.9 Å². The number of halogens is 2. The second kappa shape index (κ2) is 7.59. The highest BCUT2D eigenvalue weighted by atomic mass is 35.5. The smallest absolute Gasteiger partial charge is 0.258 e. The van der Waals surface area contributed by atoms with Gasteiger partial charge in [-0.05, 0) is 49.3 Å². The highest BCUT2D eigenvalue weighted by Gasteiger charge is 2.35. The topological polar surface area (TPSA) is 87.1 Å². The molecular weight excluding hydrogens is 439 g/mol. The normalized spacial score (nSPS) is 27.3. The number of anilines is 1. The zero-order valence-electron chi connectivity index (χ0n) is 15.4. The number of carbonyl (C=O) groups excluding carboxylic acids is 1. The van der Waals surface area contributed by atoms with Gasteiger partial charge in [-0.2, -0.15) is 4.31 Å². The summed E-state index contributed by atoms with van der Waals surface area (Å²) >= 11 is 11.9. The number of nitrogens with zero attached hydrogens (tertiary/aromatic N) is 2. The van der Waals surface area contributed by atoms with Gasteiger partial charge >= 0.3 is 0 Å². The molecule has 0 saturated carbocycles. The quantitative estimate of drug-likeness (QED) is 0.701. The van der Waals surface area contributed by atoms with Crippen LogP contribution in [-0.2, 0) is 14.8 Å². The SMILES string of the molecule is O=C(C1=CC(Cl)C(O)(Cl)C=C1)N1CCOc2ccc(S(=O)(=O)N3CCCC3)cc21. The highest BCUT2D eigenvalue weighted by molar-refractivity contribution is 7.89. The third kappa shape index (κ3) is 3.80. The van der Waals surface area contributed by atoms with Crippen molar-refractivity contribution < 1.29 is 23.1 Å². The van der Waals surface area contributed by atoms with Crippen LogP contribution in [0.1, 0.15) is 12.8 Å². The fraction of sp³-hybridized carbons (Fsp3) is 0.421. The van der Waals surface area contributed by atoms with E-state index in [1.807, 2.05) is 0 Å². The van der Waals surface area contributed by atoms with Crippen LogP contribution in [0.5, 0.6) is 5.75 Å². The number of hydrogen-bond acceptors (Lipinski definition) is 5. The van der Waals surface area contributed by atoms with E-state index in [9.17, 15) is 18.3 Å². The second-order valence-corrected chi connectivity index (χ2v) is 10.1. The van der Waals surface area contributed by atoms with E-state index < -0.39 is 20.5 Å². The number of aliphatic hydroxyl groups is 1. The summed E-state index contributed by atoms with van der Waals surface area (Å²) in [5.74, 6) is 0.0565. The Morgan fingerprint density at radius 3 is 2.66 bits per heavy atom. The molecule has 156 valence electrons. The first-order valence-corrected chi connectivity index (χ1v) is 11.5. The van der Waals surface area contributed by atoms with Crippen LogP contribution < -0.4 is 9.64 Å². The molecule has 1 aromatic carbocycles. The molecule has 0 aromatic heterocycles. The minimum absolute atomic E-state index is 0.125. The Balaban J connectivity index is 1.67. The van der Waals surface area contributed by atoms with E-state index in [-0.39, 0.29) is 29.5 Å². The number of carbonyl (C=O) groups is 1. The lowest BCUT2D eigenvalue weighted by molar-refractivity contribution is -0.115. The molecular formula is C19H20Cl2N2O5S. The van der Waals surface area contributed by atoms with Gasteiger partial charge in [0.1, 0.15) is 12.4 Å². The Morgan fingerprint density at radius 2 is 1.97 bits per heavy atom. The lowest BCUT2D eigenvalue weighted by Crippen LogP contribution is -2.40. The Labute approximate surface area is 179 Å². The molecule has 4 rings (SSSR count). The zero-order valence-corrected chi connectivity index (χ0v) is 17.8. The van der Waals surface area contributed by atoms with Crippen molar-refractivity contribution in [3.63, 3.8) is 0 Å². The predicted octanol–water partition coefficient (Wildman–Crippen LogP) is 2.23. The Kier molecular flexibility index (Phi) is 5.41. The molecule has 1 amide bonds. The second-order valence-electron chi connectivity index (χ2n) is 7.13. The van der Waals surface area contributed by atoms with E-state index >= 15 is 0 Å².